The third-order valence-electron chi connectivity index (χ3n) is 6.57. The van der Waals surface area contributed by atoms with Crippen LogP contribution in [0.3, 0.4) is 0 Å². The second kappa shape index (κ2) is 11.4. The lowest BCUT2D eigenvalue weighted by Crippen LogP contribution is -2.63. The van der Waals surface area contributed by atoms with Crippen LogP contribution in [0.25, 0.3) is 0 Å². The van der Waals surface area contributed by atoms with Gasteiger partial charge in [0.05, 0.1) is 29.6 Å². The zero-order chi connectivity index (χ0) is 29.1. The molecule has 0 spiro atoms. The largest absolute Gasteiger partial charge is 0.464 e. The summed E-state index contributed by atoms with van der Waals surface area (Å²) in [7, 11) is -4.98. The molecule has 8 nitrogen and oxygen atoms in total. The van der Waals surface area contributed by atoms with Crippen molar-refractivity contribution in [3.63, 3.8) is 0 Å². The molecule has 1 unspecified atom stereocenters. The summed E-state index contributed by atoms with van der Waals surface area (Å²) in [5.41, 5.74) is -2.75. The highest BCUT2D eigenvalue weighted by Gasteiger charge is 2.71. The number of hydrogen-bond donors (Lipinski definition) is 0. The van der Waals surface area contributed by atoms with E-state index in [-0.39, 0.29) is 28.6 Å². The normalized spacial score (nSPS) is 16.5. The highest BCUT2D eigenvalue weighted by molar-refractivity contribution is 7.89. The van der Waals surface area contributed by atoms with Gasteiger partial charge in [-0.1, -0.05) is 78.4 Å². The average molecular weight is 566 g/mol. The van der Waals surface area contributed by atoms with E-state index in [9.17, 15) is 22.8 Å². The van der Waals surface area contributed by atoms with Gasteiger partial charge in [0.15, 0.2) is 5.78 Å². The number of halogens is 1. The van der Waals surface area contributed by atoms with E-state index >= 15 is 4.39 Å². The number of sulfonamides is 1. The van der Waals surface area contributed by atoms with Crippen LogP contribution >= 0.6 is 0 Å². The van der Waals surface area contributed by atoms with Crippen molar-refractivity contribution in [2.24, 2.45) is 0 Å². The minimum absolute atomic E-state index is 0.0322. The molecule has 0 bridgehead atoms. The van der Waals surface area contributed by atoms with Crippen LogP contribution in [-0.2, 0) is 29.1 Å². The minimum Gasteiger partial charge on any atom is -0.464 e. The Hall–Kier alpha value is -4.31. The zero-order valence-corrected chi connectivity index (χ0v) is 23.0. The number of rotatable bonds is 9. The molecule has 0 fully saturated rings. The molecular weight excluding hydrogens is 537 g/mol. The van der Waals surface area contributed by atoms with Crippen LogP contribution in [0.2, 0.25) is 0 Å². The molecule has 10 heteroatoms. The maximum Gasteiger partial charge on any atom is 0.345 e. The number of carbonyl (C=O) groups excluding carboxylic acids is 3. The van der Waals surface area contributed by atoms with Gasteiger partial charge < -0.3 is 9.47 Å². The Bertz CT molecular complexity index is 1530. The van der Waals surface area contributed by atoms with Gasteiger partial charge in [-0.05, 0) is 38.5 Å². The van der Waals surface area contributed by atoms with Crippen molar-refractivity contribution < 1.29 is 36.7 Å². The lowest BCUT2D eigenvalue weighted by atomic mass is 9.75. The summed E-state index contributed by atoms with van der Waals surface area (Å²) in [5, 5.41) is 0. The molecule has 3 aromatic rings. The van der Waals surface area contributed by atoms with E-state index < -0.39 is 55.6 Å². The monoisotopic (exact) mass is 565 g/mol. The van der Waals surface area contributed by atoms with Crippen LogP contribution in [0.15, 0.2) is 101 Å². The maximum absolute atomic E-state index is 16.9. The molecule has 0 saturated heterocycles. The number of aryl methyl sites for hydroxylation is 1. The highest BCUT2D eigenvalue weighted by Crippen LogP contribution is 2.53. The van der Waals surface area contributed by atoms with E-state index in [2.05, 4.69) is 0 Å². The first-order valence-corrected chi connectivity index (χ1v) is 14.1. The van der Waals surface area contributed by atoms with Crippen LogP contribution in [0.4, 0.5) is 4.39 Å². The summed E-state index contributed by atoms with van der Waals surface area (Å²) in [6.07, 6.45) is 0. The van der Waals surface area contributed by atoms with Crippen LogP contribution < -0.4 is 0 Å². The summed E-state index contributed by atoms with van der Waals surface area (Å²) in [6, 6.07) is 20.8. The first kappa shape index (κ1) is 28.7. The van der Waals surface area contributed by atoms with E-state index in [1.807, 2.05) is 0 Å². The summed E-state index contributed by atoms with van der Waals surface area (Å²) in [4.78, 5) is 41.4. The van der Waals surface area contributed by atoms with E-state index in [0.717, 1.165) is 5.56 Å². The molecule has 1 aliphatic rings. The van der Waals surface area contributed by atoms with Crippen LogP contribution in [0, 0.1) is 6.92 Å². The predicted molar refractivity (Wildman–Crippen MR) is 144 cm³/mol. The van der Waals surface area contributed by atoms with E-state index in [1.165, 1.54) is 62.4 Å². The van der Waals surface area contributed by atoms with Crippen molar-refractivity contribution in [1.29, 1.82) is 0 Å². The van der Waals surface area contributed by atoms with Crippen molar-refractivity contribution in [2.75, 3.05) is 13.2 Å². The van der Waals surface area contributed by atoms with Gasteiger partial charge in [-0.3, -0.25) is 4.79 Å². The quantitative estimate of drug-likeness (QED) is 0.160. The molecule has 1 atom stereocenters. The number of carbonyl (C=O) groups is 3. The number of benzene rings is 3. The van der Waals surface area contributed by atoms with E-state index in [0.29, 0.717) is 0 Å². The molecule has 0 aliphatic carbocycles. The Labute approximate surface area is 232 Å². The minimum atomic E-state index is -4.98. The number of Topliss-reactive ketones (excluding diaryl/α,β-unsaturated/α-hetero) is 1. The maximum atomic E-state index is 16.9. The van der Waals surface area contributed by atoms with Gasteiger partial charge in [0.2, 0.25) is 5.95 Å². The Morgan fingerprint density at radius 2 is 1.32 bits per heavy atom. The number of hydrogen-bond acceptors (Lipinski definition) is 7. The number of nitrogens with zero attached hydrogens (tertiary/aromatic N) is 1. The molecule has 0 saturated carbocycles. The Balaban J connectivity index is 2.15. The van der Waals surface area contributed by atoms with Crippen molar-refractivity contribution in [3.8, 4) is 0 Å². The standard InChI is InChI=1S/C30H28FNO7S/c1-4-38-28(34)30(29(35)39-5-2)25(21-12-8-6-9-13-21)24(26(33)22-14-10-7-11-15-22)27(31)32(30)40(36,37)23-18-16-20(3)17-19-23/h6-19,25H,4-5H2,1-3H3. The summed E-state index contributed by atoms with van der Waals surface area (Å²) < 4.78 is 55.9. The predicted octanol–water partition coefficient (Wildman–Crippen LogP) is 4.71. The molecule has 4 rings (SSSR count). The molecule has 0 aromatic heterocycles. The van der Waals surface area contributed by atoms with Crippen molar-refractivity contribution in [1.82, 2.24) is 4.31 Å². The van der Waals surface area contributed by atoms with Crippen molar-refractivity contribution in [3.05, 3.63) is 113 Å². The Morgan fingerprint density at radius 3 is 1.82 bits per heavy atom. The lowest BCUT2D eigenvalue weighted by Gasteiger charge is -2.38. The van der Waals surface area contributed by atoms with E-state index in [4.69, 9.17) is 9.47 Å². The lowest BCUT2D eigenvalue weighted by molar-refractivity contribution is -0.170. The number of ether oxygens (including phenoxy) is 2. The molecule has 1 heterocycles. The SMILES string of the molecule is CCOC(=O)C1(C(=O)OCC)C(c2ccccc2)C(C(=O)c2ccccc2)=C(F)N1S(=O)(=O)c1ccc(C)cc1. The number of ketones is 1. The van der Waals surface area contributed by atoms with Crippen molar-refractivity contribution >= 4 is 27.7 Å². The Morgan fingerprint density at radius 1 is 0.825 bits per heavy atom. The van der Waals surface area contributed by atoms with Gasteiger partial charge in [0.25, 0.3) is 15.6 Å². The first-order chi connectivity index (χ1) is 19.1. The van der Waals surface area contributed by atoms with Gasteiger partial charge in [-0.2, -0.15) is 4.39 Å². The fourth-order valence-corrected chi connectivity index (χ4v) is 6.44. The second-order valence-electron chi connectivity index (χ2n) is 9.03. The first-order valence-electron chi connectivity index (χ1n) is 12.6. The number of esters is 2. The molecule has 0 radical (unpaired) electrons. The second-order valence-corrected chi connectivity index (χ2v) is 10.8. The van der Waals surface area contributed by atoms with Crippen LogP contribution in [0.5, 0.6) is 0 Å². The van der Waals surface area contributed by atoms with Crippen LogP contribution in [0.1, 0.15) is 41.3 Å². The van der Waals surface area contributed by atoms with Gasteiger partial charge in [-0.25, -0.2) is 22.3 Å². The zero-order valence-electron chi connectivity index (χ0n) is 22.2. The summed E-state index contributed by atoms with van der Waals surface area (Å²) >= 11 is 0. The smallest absolute Gasteiger partial charge is 0.345 e. The van der Waals surface area contributed by atoms with Gasteiger partial charge in [-0.15, -0.1) is 0 Å². The third kappa shape index (κ3) is 4.68. The Kier molecular flexibility index (Phi) is 8.20. The van der Waals surface area contributed by atoms with Crippen molar-refractivity contribution in [2.45, 2.75) is 37.1 Å². The topological polar surface area (TPSA) is 107 Å². The molecule has 208 valence electrons. The third-order valence-corrected chi connectivity index (χ3v) is 8.37. The molecular formula is C30H28FNO7S. The van der Waals surface area contributed by atoms with E-state index in [1.54, 1.807) is 43.3 Å². The molecule has 40 heavy (non-hydrogen) atoms. The highest BCUT2D eigenvalue weighted by atomic mass is 32.2. The molecule has 0 N–H and O–H groups in total. The average Bonchev–Trinajstić information content (AvgIpc) is 3.24. The fourth-order valence-electron chi connectivity index (χ4n) is 4.81. The molecule has 1 aliphatic heterocycles. The van der Waals surface area contributed by atoms with Gasteiger partial charge in [0, 0.05) is 5.56 Å². The fraction of sp³-hybridized carbons (Fsp3) is 0.233. The van der Waals surface area contributed by atoms with Crippen LogP contribution in [-0.4, -0.2) is 49.2 Å². The molecule has 0 amide bonds. The summed E-state index contributed by atoms with van der Waals surface area (Å²) in [5.74, 6) is -6.94. The van der Waals surface area contributed by atoms with Gasteiger partial charge in [0.1, 0.15) is 0 Å². The van der Waals surface area contributed by atoms with Gasteiger partial charge >= 0.3 is 11.9 Å². The summed E-state index contributed by atoms with van der Waals surface area (Å²) in [6.45, 7) is 4.13. The molecule has 3 aromatic carbocycles.